The molecular formula is C11H18N2O4S. The normalized spacial score (nSPS) is 19.7. The maximum atomic E-state index is 11.8. The summed E-state index contributed by atoms with van der Waals surface area (Å²) in [6.45, 7) is 5.09. The highest BCUT2D eigenvalue weighted by atomic mass is 32.2. The first kappa shape index (κ1) is 14.8. The molecule has 2 N–H and O–H groups in total. The van der Waals surface area contributed by atoms with Gasteiger partial charge >= 0.3 is 5.97 Å². The van der Waals surface area contributed by atoms with E-state index in [1.165, 1.54) is 16.7 Å². The van der Waals surface area contributed by atoms with E-state index < -0.39 is 17.4 Å². The van der Waals surface area contributed by atoms with Crippen LogP contribution in [0.15, 0.2) is 0 Å². The zero-order chi connectivity index (χ0) is 13.9. The van der Waals surface area contributed by atoms with Gasteiger partial charge in [0.15, 0.2) is 0 Å². The Morgan fingerprint density at radius 2 is 2.00 bits per heavy atom. The van der Waals surface area contributed by atoms with Crippen LogP contribution in [0, 0.1) is 5.41 Å². The molecule has 1 atom stereocenters. The molecule has 1 aliphatic heterocycles. The summed E-state index contributed by atoms with van der Waals surface area (Å²) in [5.74, 6) is -0.828. The summed E-state index contributed by atoms with van der Waals surface area (Å²) < 4.78 is 0. The Labute approximate surface area is 110 Å². The van der Waals surface area contributed by atoms with E-state index in [0.29, 0.717) is 11.6 Å². The van der Waals surface area contributed by atoms with Gasteiger partial charge in [-0.1, -0.05) is 20.8 Å². The van der Waals surface area contributed by atoms with Crippen LogP contribution in [0.3, 0.4) is 0 Å². The van der Waals surface area contributed by atoms with E-state index in [4.69, 9.17) is 5.11 Å². The number of hydrogen-bond acceptors (Lipinski definition) is 4. The van der Waals surface area contributed by atoms with Crippen molar-refractivity contribution in [3.63, 3.8) is 0 Å². The predicted octanol–water partition coefficient (Wildman–Crippen LogP) is 0.135. The first-order chi connectivity index (χ1) is 8.23. The molecule has 0 aromatic rings. The van der Waals surface area contributed by atoms with Crippen molar-refractivity contribution in [1.29, 1.82) is 0 Å². The van der Waals surface area contributed by atoms with Gasteiger partial charge in [-0.3, -0.25) is 9.59 Å². The summed E-state index contributed by atoms with van der Waals surface area (Å²) in [7, 11) is 0. The van der Waals surface area contributed by atoms with Gasteiger partial charge in [-0.05, 0) is 0 Å². The van der Waals surface area contributed by atoms with E-state index in [0.717, 1.165) is 0 Å². The first-order valence-electron chi connectivity index (χ1n) is 5.62. The molecule has 1 fully saturated rings. The van der Waals surface area contributed by atoms with Gasteiger partial charge in [-0.15, -0.1) is 11.8 Å². The van der Waals surface area contributed by atoms with Crippen LogP contribution in [0.5, 0.6) is 0 Å². The molecule has 0 aliphatic carbocycles. The summed E-state index contributed by atoms with van der Waals surface area (Å²) in [6, 6.07) is -0.783. The summed E-state index contributed by atoms with van der Waals surface area (Å²) in [6.07, 6.45) is 0. The molecule has 7 heteroatoms. The smallest absolute Gasteiger partial charge is 0.327 e. The second-order valence-electron chi connectivity index (χ2n) is 5.15. The van der Waals surface area contributed by atoms with Gasteiger partial charge in [0.1, 0.15) is 6.04 Å². The van der Waals surface area contributed by atoms with E-state index in [9.17, 15) is 14.4 Å². The van der Waals surface area contributed by atoms with Crippen molar-refractivity contribution in [2.24, 2.45) is 5.41 Å². The third-order valence-corrected chi connectivity index (χ3v) is 3.58. The lowest BCUT2D eigenvalue weighted by atomic mass is 9.96. The summed E-state index contributed by atoms with van der Waals surface area (Å²) in [5.41, 5.74) is -0.563. The fourth-order valence-electron chi connectivity index (χ4n) is 1.42. The topological polar surface area (TPSA) is 86.7 Å². The van der Waals surface area contributed by atoms with Crippen LogP contribution >= 0.6 is 11.8 Å². The molecule has 6 nitrogen and oxygen atoms in total. The SMILES string of the molecule is CC(C)(C)C(=O)NCC(=O)N1CSC[C@H]1C(=O)O. The van der Waals surface area contributed by atoms with Crippen molar-refractivity contribution in [3.05, 3.63) is 0 Å². The highest BCUT2D eigenvalue weighted by molar-refractivity contribution is 7.99. The van der Waals surface area contributed by atoms with Gasteiger partial charge in [0.2, 0.25) is 11.8 Å². The Morgan fingerprint density at radius 3 is 2.50 bits per heavy atom. The first-order valence-corrected chi connectivity index (χ1v) is 6.77. The highest BCUT2D eigenvalue weighted by Crippen LogP contribution is 2.21. The Morgan fingerprint density at radius 1 is 1.39 bits per heavy atom. The Balaban J connectivity index is 2.51. The number of amides is 2. The van der Waals surface area contributed by atoms with E-state index >= 15 is 0 Å². The number of nitrogens with one attached hydrogen (secondary N) is 1. The van der Waals surface area contributed by atoms with Crippen LogP contribution in [-0.4, -0.2) is 52.0 Å². The minimum absolute atomic E-state index is 0.152. The van der Waals surface area contributed by atoms with Gasteiger partial charge in [0.05, 0.1) is 12.4 Å². The molecule has 102 valence electrons. The van der Waals surface area contributed by atoms with Crippen LogP contribution in [0.2, 0.25) is 0 Å². The maximum Gasteiger partial charge on any atom is 0.327 e. The number of aliphatic carboxylic acids is 1. The number of thioether (sulfide) groups is 1. The molecule has 1 rings (SSSR count). The molecule has 0 bridgehead atoms. The lowest BCUT2D eigenvalue weighted by molar-refractivity contribution is -0.147. The van der Waals surface area contributed by atoms with Gasteiger partial charge in [-0.2, -0.15) is 0 Å². The minimum atomic E-state index is -1.00. The Bertz CT molecular complexity index is 365. The molecule has 1 aliphatic rings. The fourth-order valence-corrected chi connectivity index (χ4v) is 2.59. The van der Waals surface area contributed by atoms with Gasteiger partial charge in [0, 0.05) is 11.2 Å². The molecular weight excluding hydrogens is 256 g/mol. The van der Waals surface area contributed by atoms with Gasteiger partial charge in [0.25, 0.3) is 0 Å². The summed E-state index contributed by atoms with van der Waals surface area (Å²) in [4.78, 5) is 35.6. The molecule has 0 aromatic heterocycles. The largest absolute Gasteiger partial charge is 0.480 e. The summed E-state index contributed by atoms with van der Waals surface area (Å²) in [5, 5.41) is 11.5. The van der Waals surface area contributed by atoms with Crippen molar-refractivity contribution in [1.82, 2.24) is 10.2 Å². The van der Waals surface area contributed by atoms with E-state index in [2.05, 4.69) is 5.32 Å². The van der Waals surface area contributed by atoms with Gasteiger partial charge < -0.3 is 15.3 Å². The van der Waals surface area contributed by atoms with Crippen molar-refractivity contribution in [3.8, 4) is 0 Å². The molecule has 2 amide bonds. The number of nitrogens with zero attached hydrogens (tertiary/aromatic N) is 1. The molecule has 0 unspecified atom stereocenters. The Hall–Kier alpha value is -1.24. The lowest BCUT2D eigenvalue weighted by Crippen LogP contribution is -2.47. The van der Waals surface area contributed by atoms with E-state index in [-0.39, 0.29) is 18.4 Å². The second kappa shape index (κ2) is 5.60. The van der Waals surface area contributed by atoms with Crippen molar-refractivity contribution in [2.75, 3.05) is 18.2 Å². The molecule has 18 heavy (non-hydrogen) atoms. The van der Waals surface area contributed by atoms with E-state index in [1.54, 1.807) is 20.8 Å². The molecule has 1 saturated heterocycles. The van der Waals surface area contributed by atoms with Crippen LogP contribution < -0.4 is 5.32 Å². The number of carboxylic acids is 1. The molecule has 0 aromatic carbocycles. The zero-order valence-corrected chi connectivity index (χ0v) is 11.5. The van der Waals surface area contributed by atoms with Crippen LogP contribution in [0.4, 0.5) is 0 Å². The molecule has 0 spiro atoms. The van der Waals surface area contributed by atoms with Crippen LogP contribution in [-0.2, 0) is 14.4 Å². The lowest BCUT2D eigenvalue weighted by Gasteiger charge is -2.22. The van der Waals surface area contributed by atoms with Crippen LogP contribution in [0.25, 0.3) is 0 Å². The number of carboxylic acid groups (broad SMARTS) is 1. The maximum absolute atomic E-state index is 11.8. The fraction of sp³-hybridized carbons (Fsp3) is 0.727. The summed E-state index contributed by atoms with van der Waals surface area (Å²) >= 11 is 1.40. The van der Waals surface area contributed by atoms with Crippen molar-refractivity contribution >= 4 is 29.5 Å². The van der Waals surface area contributed by atoms with Crippen molar-refractivity contribution in [2.45, 2.75) is 26.8 Å². The Kier molecular flexibility index (Phi) is 4.61. The average molecular weight is 274 g/mol. The van der Waals surface area contributed by atoms with Crippen LogP contribution in [0.1, 0.15) is 20.8 Å². The third kappa shape index (κ3) is 3.63. The monoisotopic (exact) mass is 274 g/mol. The second-order valence-corrected chi connectivity index (χ2v) is 6.15. The van der Waals surface area contributed by atoms with Gasteiger partial charge in [-0.25, -0.2) is 4.79 Å². The zero-order valence-electron chi connectivity index (χ0n) is 10.7. The number of rotatable bonds is 3. The number of hydrogen-bond donors (Lipinski definition) is 2. The predicted molar refractivity (Wildman–Crippen MR) is 68.1 cm³/mol. The third-order valence-electron chi connectivity index (χ3n) is 2.57. The molecule has 0 saturated carbocycles. The average Bonchev–Trinajstić information content (AvgIpc) is 2.72. The molecule has 1 heterocycles. The highest BCUT2D eigenvalue weighted by Gasteiger charge is 2.34. The standard InChI is InChI=1S/C11H18N2O4S/c1-11(2,3)10(17)12-4-8(14)13-6-18-5-7(13)9(15)16/h7H,4-6H2,1-3H3,(H,12,17)(H,15,16)/t7-/m0/s1. The number of carbonyl (C=O) groups is 3. The minimum Gasteiger partial charge on any atom is -0.480 e. The molecule has 0 radical (unpaired) electrons. The number of carbonyl (C=O) groups excluding carboxylic acids is 2. The quantitative estimate of drug-likeness (QED) is 0.764. The van der Waals surface area contributed by atoms with Crippen molar-refractivity contribution < 1.29 is 19.5 Å². The van der Waals surface area contributed by atoms with E-state index in [1.807, 2.05) is 0 Å².